The minimum atomic E-state index is -5.27. The maximum absolute atomic E-state index is 13.3. The molecule has 0 saturated carbocycles. The number of hydrogen-bond donors (Lipinski definition) is 5. The van der Waals surface area contributed by atoms with Crippen LogP contribution in [0.3, 0.4) is 0 Å². The van der Waals surface area contributed by atoms with Crippen LogP contribution < -0.4 is 36.3 Å². The van der Waals surface area contributed by atoms with Gasteiger partial charge in [-0.2, -0.15) is 9.35 Å². The van der Waals surface area contributed by atoms with Gasteiger partial charge in [0.2, 0.25) is 10.4 Å². The second-order valence-electron chi connectivity index (χ2n) is 12.5. The van der Waals surface area contributed by atoms with E-state index in [-0.39, 0.29) is 10.8 Å². The SMILES string of the molecule is C[n+]1cc(-c2ccc(OC[C@H](O/N=C(\C(=O)N[C@@H]3C(=O)N(OS(=O)(=O)[O-])C3(C)C)c3csc(N)n3)C(=O)O)cc2)cnc1N(CCN)CC1CNC1. The van der Waals surface area contributed by atoms with Gasteiger partial charge in [0.1, 0.15) is 30.3 Å². The number of nitrogens with zero attached hydrogens (tertiary/aromatic N) is 6. The number of hydroxylamine groups is 2. The Bertz CT molecular complexity index is 1940. The fraction of sp³-hybridized carbons (Fsp3) is 0.433. The van der Waals surface area contributed by atoms with E-state index in [1.807, 2.05) is 17.8 Å². The van der Waals surface area contributed by atoms with Gasteiger partial charge in [-0.15, -0.1) is 11.3 Å². The summed E-state index contributed by atoms with van der Waals surface area (Å²) in [5, 5.41) is 20.9. The van der Waals surface area contributed by atoms with Crippen molar-refractivity contribution in [3.8, 4) is 16.9 Å². The third kappa shape index (κ3) is 8.89. The van der Waals surface area contributed by atoms with Gasteiger partial charge in [-0.05, 0) is 31.5 Å². The van der Waals surface area contributed by atoms with Crippen LogP contribution in [0.4, 0.5) is 11.1 Å². The van der Waals surface area contributed by atoms with Crippen LogP contribution in [0.15, 0.2) is 47.2 Å². The molecule has 0 bridgehead atoms. The van der Waals surface area contributed by atoms with Crippen molar-refractivity contribution in [1.82, 2.24) is 25.7 Å². The van der Waals surface area contributed by atoms with Crippen LogP contribution in [0.25, 0.3) is 11.1 Å². The van der Waals surface area contributed by atoms with Crippen molar-refractivity contribution in [3.63, 3.8) is 0 Å². The van der Waals surface area contributed by atoms with Crippen LogP contribution in [0, 0.1) is 5.92 Å². The van der Waals surface area contributed by atoms with E-state index in [0.29, 0.717) is 29.8 Å². The normalized spacial score (nSPS) is 17.9. The molecule has 0 spiro atoms. The van der Waals surface area contributed by atoms with Crippen LogP contribution in [0.5, 0.6) is 5.75 Å². The number of carbonyl (C=O) groups is 3. The Morgan fingerprint density at radius 1 is 1.29 bits per heavy atom. The van der Waals surface area contributed by atoms with Gasteiger partial charge in [0.15, 0.2) is 10.8 Å². The number of aryl methyl sites for hydroxylation is 1. The van der Waals surface area contributed by atoms with Gasteiger partial charge < -0.3 is 41.3 Å². The number of carboxylic acids is 1. The molecule has 4 heterocycles. The molecular weight excluding hydrogens is 725 g/mol. The number of aliphatic carboxylic acids is 1. The van der Waals surface area contributed by atoms with Gasteiger partial charge in [0, 0.05) is 36.5 Å². The molecule has 0 aliphatic carbocycles. The maximum Gasteiger partial charge on any atom is 0.393 e. The molecule has 1 aromatic carbocycles. The lowest BCUT2D eigenvalue weighted by molar-refractivity contribution is -0.661. The first-order valence-electron chi connectivity index (χ1n) is 15.8. The van der Waals surface area contributed by atoms with E-state index in [9.17, 15) is 32.5 Å². The van der Waals surface area contributed by atoms with Crippen LogP contribution in [0.2, 0.25) is 0 Å². The Kier molecular flexibility index (Phi) is 11.6. The molecule has 2 saturated heterocycles. The smallest absolute Gasteiger partial charge is 0.393 e. The number of aromatic nitrogens is 3. The number of nitrogen functional groups attached to an aromatic ring is 1. The van der Waals surface area contributed by atoms with Crippen LogP contribution in [0.1, 0.15) is 19.5 Å². The largest absolute Gasteiger partial charge is 0.724 e. The number of rotatable bonds is 17. The van der Waals surface area contributed by atoms with Gasteiger partial charge in [-0.1, -0.05) is 22.3 Å². The number of benzene rings is 1. The highest BCUT2D eigenvalue weighted by Crippen LogP contribution is 2.33. The first kappa shape index (κ1) is 38.2. The summed E-state index contributed by atoms with van der Waals surface area (Å²) >= 11 is 0.951. The molecule has 7 N–H and O–H groups in total. The molecule has 2 aliphatic rings. The molecule has 20 nitrogen and oxygen atoms in total. The summed E-state index contributed by atoms with van der Waals surface area (Å²) in [5.41, 5.74) is 11.1. The molecule has 2 atom stereocenters. The van der Waals surface area contributed by atoms with Gasteiger partial charge in [0.05, 0.1) is 31.9 Å². The molecule has 0 radical (unpaired) electrons. The zero-order valence-electron chi connectivity index (χ0n) is 28.3. The minimum Gasteiger partial charge on any atom is -0.724 e. The lowest BCUT2D eigenvalue weighted by Gasteiger charge is -2.51. The topological polar surface area (TPSA) is 281 Å². The molecule has 2 amide bonds. The number of oxime groups is 1. The van der Waals surface area contributed by atoms with E-state index in [1.54, 1.807) is 30.5 Å². The predicted molar refractivity (Wildman–Crippen MR) is 183 cm³/mol. The Labute approximate surface area is 302 Å². The minimum absolute atomic E-state index is 0.0492. The molecule has 2 aromatic heterocycles. The van der Waals surface area contributed by atoms with E-state index in [1.165, 1.54) is 19.2 Å². The highest BCUT2D eigenvalue weighted by Gasteiger charge is 2.57. The van der Waals surface area contributed by atoms with Gasteiger partial charge >= 0.3 is 11.9 Å². The molecule has 2 fully saturated rings. The summed E-state index contributed by atoms with van der Waals surface area (Å²) in [7, 11) is -3.36. The van der Waals surface area contributed by atoms with Gasteiger partial charge in [-0.3, -0.25) is 14.5 Å². The lowest BCUT2D eigenvalue weighted by Crippen LogP contribution is -2.76. The molecule has 280 valence electrons. The van der Waals surface area contributed by atoms with Gasteiger partial charge in [-0.25, -0.2) is 22.8 Å². The van der Waals surface area contributed by atoms with E-state index in [0.717, 1.165) is 48.0 Å². The number of amides is 2. The number of thiazole rings is 1. The summed E-state index contributed by atoms with van der Waals surface area (Å²) in [6, 6.07) is 5.51. The zero-order chi connectivity index (χ0) is 37.8. The molecule has 0 unspecified atom stereocenters. The number of carbonyl (C=O) groups excluding carboxylic acids is 2. The lowest BCUT2D eigenvalue weighted by atomic mass is 9.84. The average molecular weight is 763 g/mol. The van der Waals surface area contributed by atoms with E-state index in [2.05, 4.69) is 30.0 Å². The van der Waals surface area contributed by atoms with E-state index < -0.39 is 58.2 Å². The van der Waals surface area contributed by atoms with Crippen molar-refractivity contribution in [1.29, 1.82) is 0 Å². The number of β-lactam (4-membered cyclic amide) rings is 1. The highest BCUT2D eigenvalue weighted by molar-refractivity contribution is 7.80. The van der Waals surface area contributed by atoms with Crippen molar-refractivity contribution in [2.75, 3.05) is 50.0 Å². The summed E-state index contributed by atoms with van der Waals surface area (Å²) < 4.78 is 44.9. The number of carboxylic acid groups (broad SMARTS) is 1. The number of anilines is 2. The van der Waals surface area contributed by atoms with Crippen molar-refractivity contribution >= 4 is 56.3 Å². The molecule has 3 aromatic rings. The van der Waals surface area contributed by atoms with Crippen molar-refractivity contribution in [2.45, 2.75) is 31.5 Å². The summed E-state index contributed by atoms with van der Waals surface area (Å²) in [6.07, 6.45) is 2.03. The standard InChI is InChI=1S/C30H38N10O10S2/c1-30(2)24(26(42)40(30)50-52(45,46)47)36-25(41)23(21-16-51-28(32)35-21)37-49-22(27(43)44)15-48-20-6-4-18(5-7-20)19-12-34-29(38(3)14-19)39(9-8-31)13-17-10-33-11-17/h4-7,12,14,16-17,22,24,33H,8-11,13,15,31H2,1-3H3,(H4-,32,35,36,41,43,44,45,46,47)/b37-23-/t22-,24+/m0/s1. The Morgan fingerprint density at radius 3 is 2.54 bits per heavy atom. The highest BCUT2D eigenvalue weighted by atomic mass is 32.3. The molecule has 22 heteroatoms. The number of nitrogens with two attached hydrogens (primary N) is 2. The fourth-order valence-corrected chi connectivity index (χ4v) is 6.38. The molecule has 5 rings (SSSR count). The summed E-state index contributed by atoms with van der Waals surface area (Å²) in [5.74, 6) is -1.87. The summed E-state index contributed by atoms with van der Waals surface area (Å²) in [4.78, 5) is 53.9. The third-order valence-electron chi connectivity index (χ3n) is 8.23. The number of nitrogens with one attached hydrogen (secondary N) is 2. The van der Waals surface area contributed by atoms with Crippen LogP contribution >= 0.6 is 11.3 Å². The van der Waals surface area contributed by atoms with Crippen molar-refractivity contribution < 1.29 is 50.9 Å². The second-order valence-corrected chi connectivity index (χ2v) is 14.3. The van der Waals surface area contributed by atoms with Crippen LogP contribution in [-0.4, -0.2) is 114 Å². The molecular formula is C30H38N10O10S2. The van der Waals surface area contributed by atoms with Crippen LogP contribution in [-0.2, 0) is 41.0 Å². The Morgan fingerprint density at radius 2 is 2.00 bits per heavy atom. The fourth-order valence-electron chi connectivity index (χ4n) is 5.39. The first-order chi connectivity index (χ1) is 24.6. The second kappa shape index (κ2) is 15.7. The predicted octanol–water partition coefficient (Wildman–Crippen LogP) is -1.65. The molecule has 2 aliphatic heterocycles. The number of ether oxygens (including phenoxy) is 1. The Hall–Kier alpha value is -5.00. The van der Waals surface area contributed by atoms with E-state index >= 15 is 0 Å². The zero-order valence-corrected chi connectivity index (χ0v) is 29.9. The van der Waals surface area contributed by atoms with E-state index in [4.69, 9.17) is 26.0 Å². The average Bonchev–Trinajstić information content (AvgIpc) is 3.50. The monoisotopic (exact) mass is 762 g/mol. The maximum atomic E-state index is 13.3. The summed E-state index contributed by atoms with van der Waals surface area (Å²) in [6.45, 7) is 6.11. The van der Waals surface area contributed by atoms with Crippen molar-refractivity contribution in [3.05, 3.63) is 47.7 Å². The number of hydrogen-bond acceptors (Lipinski definition) is 17. The first-order valence-corrected chi connectivity index (χ1v) is 18.0. The Balaban J connectivity index is 1.24. The molecule has 52 heavy (non-hydrogen) atoms. The quantitative estimate of drug-likeness (QED) is 0.0257. The van der Waals surface area contributed by atoms with Gasteiger partial charge in [0.25, 0.3) is 17.9 Å². The van der Waals surface area contributed by atoms with Crippen molar-refractivity contribution in [2.24, 2.45) is 23.9 Å². The third-order valence-corrected chi connectivity index (χ3v) is 9.23.